The molecule has 0 aliphatic rings. The second kappa shape index (κ2) is 10.9. The minimum absolute atomic E-state index is 0.199. The van der Waals surface area contributed by atoms with Crippen molar-refractivity contribution in [2.24, 2.45) is 0 Å². The van der Waals surface area contributed by atoms with E-state index >= 15 is 0 Å². The van der Waals surface area contributed by atoms with E-state index in [9.17, 15) is 4.79 Å². The molecule has 2 aromatic rings. The minimum atomic E-state index is -0.199. The van der Waals surface area contributed by atoms with E-state index in [1.54, 1.807) is 21.1 Å². The Balaban J connectivity index is 1.98. The molecule has 0 spiro atoms. The average Bonchev–Trinajstić information content (AvgIpc) is 2.70. The van der Waals surface area contributed by atoms with Crippen LogP contribution in [0.1, 0.15) is 30.9 Å². The maximum absolute atomic E-state index is 11.4. The van der Waals surface area contributed by atoms with E-state index < -0.39 is 0 Å². The molecule has 27 heavy (non-hydrogen) atoms. The van der Waals surface area contributed by atoms with Crippen LogP contribution in [0.15, 0.2) is 42.5 Å². The largest absolute Gasteiger partial charge is 0.497 e. The van der Waals surface area contributed by atoms with Crippen molar-refractivity contribution < 1.29 is 23.7 Å². The number of carbonyl (C=O) groups excluding carboxylic acids is 1. The molecule has 0 N–H and O–H groups in total. The van der Waals surface area contributed by atoms with E-state index in [1.165, 1.54) is 0 Å². The van der Waals surface area contributed by atoms with Crippen LogP contribution in [0.4, 0.5) is 0 Å². The summed E-state index contributed by atoms with van der Waals surface area (Å²) >= 11 is 0. The lowest BCUT2D eigenvalue weighted by molar-refractivity contribution is -0.143. The van der Waals surface area contributed by atoms with Crippen molar-refractivity contribution in [2.45, 2.75) is 19.8 Å². The predicted octanol–water partition coefficient (Wildman–Crippen LogP) is 4.60. The van der Waals surface area contributed by atoms with Gasteiger partial charge in [-0.25, -0.2) is 0 Å². The third kappa shape index (κ3) is 7.05. The van der Waals surface area contributed by atoms with Crippen molar-refractivity contribution in [1.82, 2.24) is 0 Å². The molecular formula is C22H26O5. The first-order chi connectivity index (χ1) is 13.1. The molecule has 0 aliphatic heterocycles. The highest BCUT2D eigenvalue weighted by atomic mass is 16.5. The van der Waals surface area contributed by atoms with Crippen molar-refractivity contribution in [3.8, 4) is 17.2 Å². The molecule has 144 valence electrons. The Bertz CT molecular complexity index is 750. The number of benzene rings is 2. The zero-order valence-corrected chi connectivity index (χ0v) is 16.1. The molecule has 0 bridgehead atoms. The Morgan fingerprint density at radius 1 is 0.889 bits per heavy atom. The molecule has 2 aromatic carbocycles. The van der Waals surface area contributed by atoms with E-state index in [1.807, 2.05) is 54.6 Å². The van der Waals surface area contributed by atoms with Crippen molar-refractivity contribution in [3.05, 3.63) is 53.6 Å². The summed E-state index contributed by atoms with van der Waals surface area (Å²) < 4.78 is 21.2. The highest BCUT2D eigenvalue weighted by Gasteiger charge is 2.04. The van der Waals surface area contributed by atoms with Crippen molar-refractivity contribution >= 4 is 18.1 Å². The summed E-state index contributed by atoms with van der Waals surface area (Å²) in [5.74, 6) is 2.04. The summed E-state index contributed by atoms with van der Waals surface area (Å²) in [6, 6.07) is 13.5. The molecule has 0 radical (unpaired) electrons. The number of hydrogen-bond donors (Lipinski definition) is 0. The summed E-state index contributed by atoms with van der Waals surface area (Å²) in [6.45, 7) is 2.64. The highest BCUT2D eigenvalue weighted by Crippen LogP contribution is 2.24. The molecule has 2 rings (SSSR count). The van der Waals surface area contributed by atoms with Crippen molar-refractivity contribution in [2.75, 3.05) is 27.4 Å². The van der Waals surface area contributed by atoms with Gasteiger partial charge in [0, 0.05) is 12.5 Å². The lowest BCUT2D eigenvalue weighted by Crippen LogP contribution is -2.06. The van der Waals surface area contributed by atoms with E-state index in [4.69, 9.17) is 18.9 Å². The first kappa shape index (κ1) is 20.4. The Hall–Kier alpha value is -2.95. The SMILES string of the molecule is CCOC(=O)CCCOc1cc(/C=C/c2ccc(OC)cc2)cc(OC)c1. The monoisotopic (exact) mass is 370 g/mol. The molecule has 0 saturated heterocycles. The Kier molecular flexibility index (Phi) is 8.23. The van der Waals surface area contributed by atoms with Crippen LogP contribution in [-0.2, 0) is 9.53 Å². The van der Waals surface area contributed by atoms with Gasteiger partial charge in [0.15, 0.2) is 0 Å². The first-order valence-electron chi connectivity index (χ1n) is 8.94. The third-order valence-corrected chi connectivity index (χ3v) is 3.82. The van der Waals surface area contributed by atoms with E-state index in [2.05, 4.69) is 0 Å². The Morgan fingerprint density at radius 3 is 2.22 bits per heavy atom. The van der Waals surface area contributed by atoms with Gasteiger partial charge in [-0.05, 0) is 48.7 Å². The van der Waals surface area contributed by atoms with Gasteiger partial charge in [-0.2, -0.15) is 0 Å². The fraction of sp³-hybridized carbons (Fsp3) is 0.318. The Labute approximate surface area is 160 Å². The molecule has 0 amide bonds. The number of ether oxygens (including phenoxy) is 4. The van der Waals surface area contributed by atoms with Crippen LogP contribution < -0.4 is 14.2 Å². The summed E-state index contributed by atoms with van der Waals surface area (Å²) in [5, 5.41) is 0. The van der Waals surface area contributed by atoms with Crippen molar-refractivity contribution in [3.63, 3.8) is 0 Å². The molecule has 0 aromatic heterocycles. The number of hydrogen-bond acceptors (Lipinski definition) is 5. The number of carbonyl (C=O) groups is 1. The number of esters is 1. The molecule has 5 nitrogen and oxygen atoms in total. The van der Waals surface area contributed by atoms with Gasteiger partial charge in [0.2, 0.25) is 0 Å². The second-order valence-electron chi connectivity index (χ2n) is 5.81. The summed E-state index contributed by atoms with van der Waals surface area (Å²) in [7, 11) is 3.27. The standard InChI is InChI=1S/C22H26O5/c1-4-26-22(23)6-5-13-27-21-15-18(14-20(16-21)25-3)8-7-17-9-11-19(24-2)12-10-17/h7-12,14-16H,4-6,13H2,1-3H3/b8-7+. The summed E-state index contributed by atoms with van der Waals surface area (Å²) in [4.78, 5) is 11.4. The van der Waals surface area contributed by atoms with Gasteiger partial charge in [0.25, 0.3) is 0 Å². The predicted molar refractivity (Wildman–Crippen MR) is 106 cm³/mol. The molecule has 0 aliphatic carbocycles. The van der Waals surface area contributed by atoms with Crippen LogP contribution in [0.5, 0.6) is 17.2 Å². The zero-order chi connectivity index (χ0) is 19.5. The fourth-order valence-electron chi connectivity index (χ4n) is 2.44. The maximum Gasteiger partial charge on any atom is 0.305 e. The van der Waals surface area contributed by atoms with Crippen LogP contribution in [0.3, 0.4) is 0 Å². The van der Waals surface area contributed by atoms with Crippen LogP contribution >= 0.6 is 0 Å². The van der Waals surface area contributed by atoms with Crippen LogP contribution in [0, 0.1) is 0 Å². The molecule has 0 fully saturated rings. The number of methoxy groups -OCH3 is 2. The third-order valence-electron chi connectivity index (χ3n) is 3.82. The van der Waals surface area contributed by atoms with Gasteiger partial charge in [-0.3, -0.25) is 4.79 Å². The summed E-state index contributed by atoms with van der Waals surface area (Å²) in [5.41, 5.74) is 2.03. The van der Waals surface area contributed by atoms with Gasteiger partial charge < -0.3 is 18.9 Å². The molecule has 0 atom stereocenters. The van der Waals surface area contributed by atoms with Crippen LogP contribution in [-0.4, -0.2) is 33.4 Å². The second-order valence-corrected chi connectivity index (χ2v) is 5.81. The minimum Gasteiger partial charge on any atom is -0.497 e. The fourth-order valence-corrected chi connectivity index (χ4v) is 2.44. The lowest BCUT2D eigenvalue weighted by atomic mass is 10.1. The van der Waals surface area contributed by atoms with Gasteiger partial charge >= 0.3 is 5.97 Å². The molecule has 0 unspecified atom stereocenters. The quantitative estimate of drug-likeness (QED) is 0.348. The molecule has 0 saturated carbocycles. The summed E-state index contributed by atoms with van der Waals surface area (Å²) in [6.07, 6.45) is 4.96. The average molecular weight is 370 g/mol. The number of rotatable bonds is 10. The molecular weight excluding hydrogens is 344 g/mol. The van der Waals surface area contributed by atoms with E-state index in [-0.39, 0.29) is 5.97 Å². The van der Waals surface area contributed by atoms with Crippen LogP contribution in [0.25, 0.3) is 12.2 Å². The lowest BCUT2D eigenvalue weighted by Gasteiger charge is -2.09. The Morgan fingerprint density at radius 2 is 1.56 bits per heavy atom. The topological polar surface area (TPSA) is 54.0 Å². The zero-order valence-electron chi connectivity index (χ0n) is 16.1. The normalized spacial score (nSPS) is 10.6. The van der Waals surface area contributed by atoms with E-state index in [0.29, 0.717) is 37.6 Å². The van der Waals surface area contributed by atoms with Crippen LogP contribution in [0.2, 0.25) is 0 Å². The molecule has 0 heterocycles. The van der Waals surface area contributed by atoms with Gasteiger partial charge in [-0.1, -0.05) is 24.3 Å². The van der Waals surface area contributed by atoms with Gasteiger partial charge in [0.05, 0.1) is 27.4 Å². The van der Waals surface area contributed by atoms with Gasteiger partial charge in [-0.15, -0.1) is 0 Å². The smallest absolute Gasteiger partial charge is 0.305 e. The highest BCUT2D eigenvalue weighted by molar-refractivity contribution is 5.71. The van der Waals surface area contributed by atoms with Gasteiger partial charge in [0.1, 0.15) is 17.2 Å². The van der Waals surface area contributed by atoms with E-state index in [0.717, 1.165) is 16.9 Å². The first-order valence-corrected chi connectivity index (χ1v) is 8.94. The van der Waals surface area contributed by atoms with Crippen molar-refractivity contribution in [1.29, 1.82) is 0 Å². The molecule has 5 heteroatoms. The maximum atomic E-state index is 11.4.